The van der Waals surface area contributed by atoms with Crippen LogP contribution in [0.25, 0.3) is 23.0 Å². The van der Waals surface area contributed by atoms with Crippen molar-refractivity contribution in [2.45, 2.75) is 16.0 Å². The molecule has 34 heavy (non-hydrogen) atoms. The summed E-state index contributed by atoms with van der Waals surface area (Å²) in [6.45, 7) is 0.160. The van der Waals surface area contributed by atoms with Gasteiger partial charge < -0.3 is 4.52 Å². The number of alkyl halides is 3. The molecule has 12 heteroatoms. The van der Waals surface area contributed by atoms with Crippen molar-refractivity contribution < 1.29 is 26.1 Å². The van der Waals surface area contributed by atoms with Gasteiger partial charge in [-0.3, -0.25) is 9.29 Å². The Hall–Kier alpha value is -3.38. The van der Waals surface area contributed by atoms with E-state index in [4.69, 9.17) is 4.52 Å². The van der Waals surface area contributed by atoms with E-state index in [1.54, 1.807) is 42.6 Å². The van der Waals surface area contributed by atoms with E-state index in [9.17, 15) is 21.6 Å². The Morgan fingerprint density at radius 1 is 1.03 bits per heavy atom. The van der Waals surface area contributed by atoms with Crippen molar-refractivity contribution in [3.63, 3.8) is 0 Å². The molecule has 174 valence electrons. The predicted octanol–water partition coefficient (Wildman–Crippen LogP) is 5.12. The van der Waals surface area contributed by atoms with Crippen molar-refractivity contribution in [2.75, 3.05) is 16.6 Å². The second kappa shape index (κ2) is 8.44. The van der Waals surface area contributed by atoms with E-state index in [1.807, 2.05) is 0 Å². The van der Waals surface area contributed by atoms with Crippen molar-refractivity contribution in [1.29, 1.82) is 0 Å². The first-order valence-corrected chi connectivity index (χ1v) is 12.4. The average molecular weight is 505 g/mol. The van der Waals surface area contributed by atoms with Gasteiger partial charge in [0.05, 0.1) is 16.1 Å². The first-order valence-electron chi connectivity index (χ1n) is 9.96. The van der Waals surface area contributed by atoms with Crippen LogP contribution in [0.4, 0.5) is 18.9 Å². The van der Waals surface area contributed by atoms with E-state index < -0.39 is 21.8 Å². The van der Waals surface area contributed by atoms with Gasteiger partial charge in [0.1, 0.15) is 5.69 Å². The minimum Gasteiger partial charge on any atom is -0.334 e. The smallest absolute Gasteiger partial charge is 0.334 e. The number of anilines is 1. The van der Waals surface area contributed by atoms with Crippen LogP contribution >= 0.6 is 11.8 Å². The van der Waals surface area contributed by atoms with E-state index in [0.717, 1.165) is 29.2 Å². The zero-order valence-electron chi connectivity index (χ0n) is 17.2. The van der Waals surface area contributed by atoms with Crippen LogP contribution in [0.15, 0.2) is 81.2 Å². The number of halogens is 3. The van der Waals surface area contributed by atoms with E-state index in [-0.39, 0.29) is 23.2 Å². The monoisotopic (exact) mass is 504 g/mol. The number of benzene rings is 2. The first-order chi connectivity index (χ1) is 16.2. The van der Waals surface area contributed by atoms with E-state index in [0.29, 0.717) is 22.7 Å². The average Bonchev–Trinajstić information content (AvgIpc) is 3.34. The van der Waals surface area contributed by atoms with Crippen LogP contribution in [0.5, 0.6) is 0 Å². The Morgan fingerprint density at radius 3 is 2.53 bits per heavy atom. The Labute approximate surface area is 196 Å². The summed E-state index contributed by atoms with van der Waals surface area (Å²) in [5, 5.41) is 3.94. The second-order valence-corrected chi connectivity index (χ2v) is 10.3. The van der Waals surface area contributed by atoms with Gasteiger partial charge in [-0.2, -0.15) is 18.2 Å². The van der Waals surface area contributed by atoms with Crippen LogP contribution in [-0.2, 0) is 16.2 Å². The van der Waals surface area contributed by atoms with Gasteiger partial charge in [-0.25, -0.2) is 8.42 Å². The maximum absolute atomic E-state index is 13.3. The van der Waals surface area contributed by atoms with Crippen molar-refractivity contribution >= 4 is 27.5 Å². The van der Waals surface area contributed by atoms with Gasteiger partial charge >= 0.3 is 6.18 Å². The number of rotatable bonds is 4. The zero-order chi connectivity index (χ0) is 23.9. The van der Waals surface area contributed by atoms with Crippen LogP contribution in [-0.4, -0.2) is 35.8 Å². The molecule has 4 aromatic rings. The Kier molecular flexibility index (Phi) is 5.56. The molecular formula is C22H15F3N4O3S2. The Balaban J connectivity index is 1.50. The van der Waals surface area contributed by atoms with E-state index in [1.165, 1.54) is 16.1 Å². The molecule has 0 bridgehead atoms. The number of nitrogens with zero attached hydrogens (tertiary/aromatic N) is 4. The van der Waals surface area contributed by atoms with Gasteiger partial charge in [-0.15, -0.1) is 11.8 Å². The highest BCUT2D eigenvalue weighted by atomic mass is 32.2. The summed E-state index contributed by atoms with van der Waals surface area (Å²) in [4.78, 5) is 9.03. The van der Waals surface area contributed by atoms with Gasteiger partial charge in [0.2, 0.25) is 5.82 Å². The molecule has 1 aliphatic heterocycles. The standard InChI is InChI=1S/C22H15F3N4O3S2/c23-22(24,25)15-5-7-16(8-6-15)34(30,31)29-11-12-33-19-9-4-14(13-18(19)29)21-27-20(28-32-21)17-3-1-2-10-26-17/h1-10,13H,11-12H2. The van der Waals surface area contributed by atoms with Crippen molar-refractivity contribution in [3.8, 4) is 23.0 Å². The molecule has 7 nitrogen and oxygen atoms in total. The summed E-state index contributed by atoms with van der Waals surface area (Å²) in [6, 6.07) is 13.9. The molecule has 0 aliphatic carbocycles. The fourth-order valence-electron chi connectivity index (χ4n) is 3.46. The van der Waals surface area contributed by atoms with Crippen LogP contribution < -0.4 is 4.31 Å². The lowest BCUT2D eigenvalue weighted by atomic mass is 10.2. The van der Waals surface area contributed by atoms with Gasteiger partial charge in [0.25, 0.3) is 15.9 Å². The molecule has 2 aromatic heterocycles. The SMILES string of the molecule is O=S(=O)(c1ccc(C(F)(F)F)cc1)N1CCSc2ccc(-c3nc(-c4ccccn4)no3)cc21. The Morgan fingerprint density at radius 2 is 1.82 bits per heavy atom. The Bertz CT molecular complexity index is 1440. The molecule has 0 N–H and O–H groups in total. The van der Waals surface area contributed by atoms with Crippen molar-refractivity contribution in [3.05, 3.63) is 72.4 Å². The highest BCUT2D eigenvalue weighted by Gasteiger charge is 2.33. The molecule has 0 fully saturated rings. The van der Waals surface area contributed by atoms with Gasteiger partial charge in [-0.1, -0.05) is 11.2 Å². The third-order valence-electron chi connectivity index (χ3n) is 5.12. The lowest BCUT2D eigenvalue weighted by molar-refractivity contribution is -0.137. The highest BCUT2D eigenvalue weighted by molar-refractivity contribution is 8.00. The number of hydrogen-bond donors (Lipinski definition) is 0. The number of hydrogen-bond acceptors (Lipinski definition) is 7. The molecule has 0 saturated heterocycles. The lowest BCUT2D eigenvalue weighted by Gasteiger charge is -2.30. The van der Waals surface area contributed by atoms with E-state index >= 15 is 0 Å². The summed E-state index contributed by atoms with van der Waals surface area (Å²) < 4.78 is 71.9. The summed E-state index contributed by atoms with van der Waals surface area (Å²) >= 11 is 1.48. The maximum atomic E-state index is 13.3. The fraction of sp³-hybridized carbons (Fsp3) is 0.136. The van der Waals surface area contributed by atoms with Crippen molar-refractivity contribution in [1.82, 2.24) is 15.1 Å². The van der Waals surface area contributed by atoms with Gasteiger partial charge in [0.15, 0.2) is 0 Å². The van der Waals surface area contributed by atoms with Crippen LogP contribution in [0.1, 0.15) is 5.56 Å². The number of aromatic nitrogens is 3. The predicted molar refractivity (Wildman–Crippen MR) is 120 cm³/mol. The number of fused-ring (bicyclic) bond motifs is 1. The third kappa shape index (κ3) is 4.14. The van der Waals surface area contributed by atoms with Gasteiger partial charge in [-0.05, 0) is 54.6 Å². The molecule has 0 amide bonds. The van der Waals surface area contributed by atoms with Crippen LogP contribution in [0.3, 0.4) is 0 Å². The summed E-state index contributed by atoms with van der Waals surface area (Å²) in [7, 11) is -4.10. The number of thioether (sulfide) groups is 1. The fourth-order valence-corrected chi connectivity index (χ4v) is 6.08. The zero-order valence-corrected chi connectivity index (χ0v) is 18.9. The summed E-state index contributed by atoms with van der Waals surface area (Å²) in [5.74, 6) is 0.971. The van der Waals surface area contributed by atoms with Crippen LogP contribution in [0.2, 0.25) is 0 Å². The normalized spacial score (nSPS) is 14.1. The summed E-state index contributed by atoms with van der Waals surface area (Å²) in [6.07, 6.45) is -2.95. The lowest BCUT2D eigenvalue weighted by Crippen LogP contribution is -2.35. The minimum absolute atomic E-state index is 0.160. The van der Waals surface area contributed by atoms with Gasteiger partial charge in [0, 0.05) is 29.0 Å². The molecular weight excluding hydrogens is 489 g/mol. The molecule has 2 aromatic carbocycles. The molecule has 1 aliphatic rings. The maximum Gasteiger partial charge on any atom is 0.416 e. The largest absolute Gasteiger partial charge is 0.416 e. The highest BCUT2D eigenvalue weighted by Crippen LogP contribution is 2.40. The number of pyridine rings is 1. The molecule has 5 rings (SSSR count). The molecule has 0 radical (unpaired) electrons. The minimum atomic E-state index is -4.55. The first kappa shape index (κ1) is 22.4. The second-order valence-electron chi connectivity index (χ2n) is 7.27. The molecule has 3 heterocycles. The third-order valence-corrected chi connectivity index (χ3v) is 7.99. The summed E-state index contributed by atoms with van der Waals surface area (Å²) in [5.41, 5.74) is 0.510. The van der Waals surface area contributed by atoms with E-state index in [2.05, 4.69) is 15.1 Å². The molecule has 0 spiro atoms. The van der Waals surface area contributed by atoms with Crippen LogP contribution in [0, 0.1) is 0 Å². The van der Waals surface area contributed by atoms with Crippen molar-refractivity contribution in [2.24, 2.45) is 0 Å². The molecule has 0 atom stereocenters. The number of sulfonamides is 1. The quantitative estimate of drug-likeness (QED) is 0.381. The topological polar surface area (TPSA) is 89.2 Å². The molecule has 0 unspecified atom stereocenters. The molecule has 0 saturated carbocycles.